The fourth-order valence-electron chi connectivity index (χ4n) is 3.41. The Balaban J connectivity index is 1.84. The Morgan fingerprint density at radius 3 is 2.81 bits per heavy atom. The predicted octanol–water partition coefficient (Wildman–Crippen LogP) is 1.87. The Bertz CT molecular complexity index is 915. The molecule has 0 spiro atoms. The van der Waals surface area contributed by atoms with Gasteiger partial charge >= 0.3 is 5.97 Å². The largest absolute Gasteiger partial charge is 0.465 e. The normalized spacial score (nSPS) is 13.2. The molecule has 0 saturated heterocycles. The summed E-state index contributed by atoms with van der Waals surface area (Å²) < 4.78 is 4.80. The average Bonchev–Trinajstić information content (AvgIpc) is 3.07. The van der Waals surface area contributed by atoms with Gasteiger partial charge < -0.3 is 19.5 Å². The summed E-state index contributed by atoms with van der Waals surface area (Å²) in [6.45, 7) is 6.82. The molecule has 3 rings (SSSR count). The number of carbonyl (C=O) groups is 3. The van der Waals surface area contributed by atoms with Crippen LogP contribution in [0.2, 0.25) is 0 Å². The van der Waals surface area contributed by atoms with Crippen LogP contribution in [0.1, 0.15) is 28.5 Å². The highest BCUT2D eigenvalue weighted by Gasteiger charge is 2.26. The van der Waals surface area contributed by atoms with Crippen LogP contribution >= 0.6 is 0 Å². The lowest BCUT2D eigenvalue weighted by atomic mass is 10.0. The van der Waals surface area contributed by atoms with Crippen molar-refractivity contribution in [1.82, 2.24) is 14.8 Å². The molecule has 2 heterocycles. The molecular formula is C20H23N3O4. The number of nitrogens with one attached hydrogen (secondary N) is 1. The van der Waals surface area contributed by atoms with Crippen molar-refractivity contribution in [3.8, 4) is 0 Å². The maximum atomic E-state index is 12.7. The molecule has 27 heavy (non-hydrogen) atoms. The molecule has 0 unspecified atom stereocenters. The van der Waals surface area contributed by atoms with Crippen molar-refractivity contribution in [3.05, 3.63) is 47.7 Å². The minimum absolute atomic E-state index is 0.0342. The van der Waals surface area contributed by atoms with E-state index < -0.39 is 5.97 Å². The summed E-state index contributed by atoms with van der Waals surface area (Å²) in [6, 6.07) is 5.37. The number of methoxy groups -OCH3 is 1. The molecule has 1 aromatic carbocycles. The number of ether oxygens (including phenoxy) is 1. The van der Waals surface area contributed by atoms with Gasteiger partial charge in [0.2, 0.25) is 11.8 Å². The summed E-state index contributed by atoms with van der Waals surface area (Å²) in [6.07, 6.45) is 1.92. The standard InChI is InChI=1S/C20H23N3O4/c1-4-18(24)22(5-2)12-19(25)23-9-8-17-15(11-23)14-10-13(20(26)27-3)6-7-16(14)21-17/h4,6-7,10,21H,1,5,8-9,11-12H2,2-3H3. The first-order valence-electron chi connectivity index (χ1n) is 8.89. The number of aromatic nitrogens is 1. The number of hydrogen-bond donors (Lipinski definition) is 1. The lowest BCUT2D eigenvalue weighted by Crippen LogP contribution is -2.44. The van der Waals surface area contributed by atoms with Gasteiger partial charge in [-0.1, -0.05) is 6.58 Å². The van der Waals surface area contributed by atoms with Crippen molar-refractivity contribution in [1.29, 1.82) is 0 Å². The van der Waals surface area contributed by atoms with E-state index in [-0.39, 0.29) is 18.4 Å². The van der Waals surface area contributed by atoms with E-state index >= 15 is 0 Å². The van der Waals surface area contributed by atoms with Gasteiger partial charge in [0, 0.05) is 48.2 Å². The highest BCUT2D eigenvalue weighted by atomic mass is 16.5. The molecule has 1 aromatic heterocycles. The van der Waals surface area contributed by atoms with E-state index in [4.69, 9.17) is 4.74 Å². The van der Waals surface area contributed by atoms with E-state index in [0.29, 0.717) is 31.6 Å². The van der Waals surface area contributed by atoms with Crippen LogP contribution in [0.4, 0.5) is 0 Å². The Morgan fingerprint density at radius 2 is 2.15 bits per heavy atom. The van der Waals surface area contributed by atoms with Gasteiger partial charge in [-0.2, -0.15) is 0 Å². The number of H-pyrrole nitrogens is 1. The van der Waals surface area contributed by atoms with E-state index in [9.17, 15) is 14.4 Å². The summed E-state index contributed by atoms with van der Waals surface area (Å²) in [7, 11) is 1.35. The molecule has 7 nitrogen and oxygen atoms in total. The lowest BCUT2D eigenvalue weighted by Gasteiger charge is -2.29. The molecule has 0 bridgehead atoms. The summed E-state index contributed by atoms with van der Waals surface area (Å²) in [5.74, 6) is -0.744. The van der Waals surface area contributed by atoms with Gasteiger partial charge in [0.1, 0.15) is 6.54 Å². The zero-order valence-electron chi connectivity index (χ0n) is 15.6. The molecule has 2 aromatic rings. The van der Waals surface area contributed by atoms with Crippen LogP contribution in [-0.4, -0.2) is 59.3 Å². The van der Waals surface area contributed by atoms with Crippen LogP contribution in [0.5, 0.6) is 0 Å². The molecule has 142 valence electrons. The number of aromatic amines is 1. The molecule has 0 fully saturated rings. The summed E-state index contributed by atoms with van der Waals surface area (Å²) >= 11 is 0. The van der Waals surface area contributed by atoms with Gasteiger partial charge in [0.25, 0.3) is 0 Å². The average molecular weight is 369 g/mol. The third-order valence-corrected chi connectivity index (χ3v) is 4.94. The van der Waals surface area contributed by atoms with Gasteiger partial charge in [0.15, 0.2) is 0 Å². The Morgan fingerprint density at radius 1 is 1.37 bits per heavy atom. The Labute approximate surface area is 157 Å². The number of fused-ring (bicyclic) bond motifs is 3. The van der Waals surface area contributed by atoms with Crippen LogP contribution in [-0.2, 0) is 27.3 Å². The monoisotopic (exact) mass is 369 g/mol. The molecule has 1 N–H and O–H groups in total. The van der Waals surface area contributed by atoms with Crippen molar-refractivity contribution in [2.75, 3.05) is 26.7 Å². The number of hydrogen-bond acceptors (Lipinski definition) is 4. The second kappa shape index (κ2) is 7.65. The van der Waals surface area contributed by atoms with Crippen molar-refractivity contribution in [2.45, 2.75) is 19.9 Å². The first kappa shape index (κ1) is 18.7. The fraction of sp³-hybridized carbons (Fsp3) is 0.350. The number of likely N-dealkylation sites (N-methyl/N-ethyl adjacent to an activating group) is 1. The van der Waals surface area contributed by atoms with E-state index in [1.165, 1.54) is 18.1 Å². The Kier molecular flexibility index (Phi) is 5.30. The topological polar surface area (TPSA) is 82.7 Å². The summed E-state index contributed by atoms with van der Waals surface area (Å²) in [5.41, 5.74) is 3.49. The highest BCUT2D eigenvalue weighted by Crippen LogP contribution is 2.29. The molecule has 7 heteroatoms. The maximum Gasteiger partial charge on any atom is 0.337 e. The first-order chi connectivity index (χ1) is 13.0. The number of nitrogens with zero attached hydrogens (tertiary/aromatic N) is 2. The van der Waals surface area contributed by atoms with Gasteiger partial charge in [-0.15, -0.1) is 0 Å². The maximum absolute atomic E-state index is 12.7. The van der Waals surface area contributed by atoms with Crippen LogP contribution in [0.15, 0.2) is 30.9 Å². The quantitative estimate of drug-likeness (QED) is 0.644. The fourth-order valence-corrected chi connectivity index (χ4v) is 3.41. The SMILES string of the molecule is C=CC(=O)N(CC)CC(=O)N1CCc2[nH]c3ccc(C(=O)OC)cc3c2C1. The van der Waals surface area contributed by atoms with Crippen LogP contribution < -0.4 is 0 Å². The summed E-state index contributed by atoms with van der Waals surface area (Å²) in [5, 5.41) is 0.917. The molecule has 1 aliphatic heterocycles. The van der Waals surface area contributed by atoms with Gasteiger partial charge in [-0.05, 0) is 31.2 Å². The molecule has 0 atom stereocenters. The minimum atomic E-state index is -0.392. The van der Waals surface area contributed by atoms with E-state index in [1.807, 2.05) is 13.0 Å². The highest BCUT2D eigenvalue weighted by molar-refractivity contribution is 5.96. The van der Waals surface area contributed by atoms with Crippen LogP contribution in [0, 0.1) is 0 Å². The van der Waals surface area contributed by atoms with E-state index in [0.717, 1.165) is 22.2 Å². The molecule has 0 radical (unpaired) electrons. The Hall–Kier alpha value is -3.09. The number of rotatable bonds is 5. The summed E-state index contributed by atoms with van der Waals surface area (Å²) in [4.78, 5) is 42.9. The van der Waals surface area contributed by atoms with Crippen molar-refractivity contribution in [3.63, 3.8) is 0 Å². The van der Waals surface area contributed by atoms with Crippen LogP contribution in [0.25, 0.3) is 10.9 Å². The van der Waals surface area contributed by atoms with Crippen LogP contribution in [0.3, 0.4) is 0 Å². The smallest absolute Gasteiger partial charge is 0.337 e. The number of carbonyl (C=O) groups excluding carboxylic acids is 3. The molecule has 0 saturated carbocycles. The molecule has 1 aliphatic rings. The van der Waals surface area contributed by atoms with Crippen molar-refractivity contribution >= 4 is 28.7 Å². The number of benzene rings is 1. The lowest BCUT2D eigenvalue weighted by molar-refractivity contribution is -0.138. The molecular weight excluding hydrogens is 346 g/mol. The minimum Gasteiger partial charge on any atom is -0.465 e. The molecule has 2 amide bonds. The molecule has 0 aliphatic carbocycles. The second-order valence-electron chi connectivity index (χ2n) is 6.46. The zero-order valence-corrected chi connectivity index (χ0v) is 15.6. The number of amides is 2. The van der Waals surface area contributed by atoms with Crippen molar-refractivity contribution < 1.29 is 19.1 Å². The number of esters is 1. The van der Waals surface area contributed by atoms with Gasteiger partial charge in [-0.3, -0.25) is 9.59 Å². The van der Waals surface area contributed by atoms with E-state index in [2.05, 4.69) is 11.6 Å². The van der Waals surface area contributed by atoms with E-state index in [1.54, 1.807) is 17.0 Å². The van der Waals surface area contributed by atoms with Crippen molar-refractivity contribution in [2.24, 2.45) is 0 Å². The first-order valence-corrected chi connectivity index (χ1v) is 8.89. The van der Waals surface area contributed by atoms with Gasteiger partial charge in [-0.25, -0.2) is 4.79 Å². The third-order valence-electron chi connectivity index (χ3n) is 4.94. The second-order valence-corrected chi connectivity index (χ2v) is 6.46. The predicted molar refractivity (Wildman–Crippen MR) is 101 cm³/mol. The van der Waals surface area contributed by atoms with Gasteiger partial charge in [0.05, 0.1) is 12.7 Å². The third kappa shape index (κ3) is 3.58. The zero-order chi connectivity index (χ0) is 19.6.